The fourth-order valence-corrected chi connectivity index (χ4v) is 1.10. The number of alkyl halides is 3. The quantitative estimate of drug-likeness (QED) is 0.673. The molecule has 0 aliphatic carbocycles. The summed E-state index contributed by atoms with van der Waals surface area (Å²) in [6.45, 7) is 1.23. The first-order chi connectivity index (χ1) is 6.86. The van der Waals surface area contributed by atoms with E-state index in [9.17, 15) is 18.0 Å². The number of nitrogens with zero attached hydrogens (tertiary/aromatic N) is 1. The molecule has 2 nitrogen and oxygen atoms in total. The van der Waals surface area contributed by atoms with Crippen LogP contribution < -0.4 is 0 Å². The van der Waals surface area contributed by atoms with E-state index >= 15 is 0 Å². The second-order valence-corrected chi connectivity index (χ2v) is 2.93. The second kappa shape index (κ2) is 3.73. The predicted molar refractivity (Wildman–Crippen MR) is 46.2 cm³/mol. The molecule has 1 rings (SSSR count). The number of halogens is 3. The Hall–Kier alpha value is -1.83. The maximum absolute atomic E-state index is 12.3. The minimum absolute atomic E-state index is 0.0968. The molecule has 0 amide bonds. The number of rotatable bonds is 1. The molecule has 0 spiro atoms. The number of hydrogen-bond donors (Lipinski definition) is 0. The molecule has 1 aromatic carbocycles. The third kappa shape index (κ3) is 2.34. The van der Waals surface area contributed by atoms with Gasteiger partial charge in [-0.15, -0.1) is 0 Å². The van der Waals surface area contributed by atoms with E-state index in [0.717, 1.165) is 18.2 Å². The number of Topliss-reactive ketones (excluding diaryl/α,β-unsaturated/α-hetero) is 1. The monoisotopic (exact) mass is 213 g/mol. The molecule has 1 aromatic rings. The minimum atomic E-state index is -4.57. The van der Waals surface area contributed by atoms with Crippen LogP contribution in [0.2, 0.25) is 0 Å². The molecule has 0 aromatic heterocycles. The fourth-order valence-electron chi connectivity index (χ4n) is 1.10. The van der Waals surface area contributed by atoms with Crippen LogP contribution in [0.25, 0.3) is 0 Å². The van der Waals surface area contributed by atoms with Crippen molar-refractivity contribution in [1.82, 2.24) is 0 Å². The van der Waals surface area contributed by atoms with Crippen LogP contribution in [-0.4, -0.2) is 5.78 Å². The summed E-state index contributed by atoms with van der Waals surface area (Å²) in [6, 6.07) is 4.18. The van der Waals surface area contributed by atoms with E-state index < -0.39 is 17.3 Å². The van der Waals surface area contributed by atoms with Crippen molar-refractivity contribution in [3.8, 4) is 6.07 Å². The minimum Gasteiger partial charge on any atom is -0.295 e. The lowest BCUT2D eigenvalue weighted by Gasteiger charge is -2.08. The molecule has 5 heteroatoms. The lowest BCUT2D eigenvalue weighted by Crippen LogP contribution is -2.08. The van der Waals surface area contributed by atoms with E-state index in [2.05, 4.69) is 0 Å². The van der Waals surface area contributed by atoms with Crippen molar-refractivity contribution in [3.63, 3.8) is 0 Å². The molecule has 0 N–H and O–H groups in total. The van der Waals surface area contributed by atoms with Crippen molar-refractivity contribution >= 4 is 5.78 Å². The van der Waals surface area contributed by atoms with E-state index in [1.54, 1.807) is 0 Å². The smallest absolute Gasteiger partial charge is 0.295 e. The summed E-state index contributed by atoms with van der Waals surface area (Å²) in [5.74, 6) is -0.375. The average Bonchev–Trinajstić information content (AvgIpc) is 2.15. The lowest BCUT2D eigenvalue weighted by molar-refractivity contribution is -0.137. The molecule has 0 unspecified atom stereocenters. The molecule has 78 valence electrons. The van der Waals surface area contributed by atoms with Crippen LogP contribution in [-0.2, 0) is 6.18 Å². The van der Waals surface area contributed by atoms with Crippen molar-refractivity contribution in [2.75, 3.05) is 0 Å². The molecule has 0 aliphatic rings. The number of carbonyl (C=O) groups is 1. The Kier molecular flexibility index (Phi) is 2.80. The molecule has 0 saturated heterocycles. The van der Waals surface area contributed by atoms with Crippen molar-refractivity contribution in [2.24, 2.45) is 0 Å². The summed E-state index contributed by atoms with van der Waals surface area (Å²) in [7, 11) is 0. The Morgan fingerprint density at radius 1 is 1.40 bits per heavy atom. The molecule has 0 atom stereocenters. The van der Waals surface area contributed by atoms with Gasteiger partial charge in [-0.05, 0) is 19.1 Å². The highest BCUT2D eigenvalue weighted by Gasteiger charge is 2.33. The molecule has 0 fully saturated rings. The number of hydrogen-bond acceptors (Lipinski definition) is 2. The maximum Gasteiger partial charge on any atom is 0.417 e. The van der Waals surface area contributed by atoms with Crippen LogP contribution in [0.1, 0.15) is 28.4 Å². The van der Waals surface area contributed by atoms with E-state index in [1.807, 2.05) is 0 Å². The summed E-state index contributed by atoms with van der Waals surface area (Å²) in [5, 5.41) is 8.53. The van der Waals surface area contributed by atoms with E-state index in [-0.39, 0.29) is 11.3 Å². The van der Waals surface area contributed by atoms with Gasteiger partial charge in [0.05, 0.1) is 17.2 Å². The zero-order chi connectivity index (χ0) is 11.6. The molecule has 0 radical (unpaired) electrons. The van der Waals surface area contributed by atoms with Crippen molar-refractivity contribution in [1.29, 1.82) is 5.26 Å². The maximum atomic E-state index is 12.3. The third-order valence-electron chi connectivity index (χ3n) is 1.85. The SMILES string of the molecule is CC(=O)c1ccc(C(F)(F)F)c(C#N)c1. The molecule has 0 aliphatic heterocycles. The highest BCUT2D eigenvalue weighted by Crippen LogP contribution is 2.32. The largest absolute Gasteiger partial charge is 0.417 e. The molecular formula is C10H6F3NO. The Bertz CT molecular complexity index is 443. The number of ketones is 1. The van der Waals surface area contributed by atoms with Crippen LogP contribution in [0.5, 0.6) is 0 Å². The Balaban J connectivity index is 3.36. The Morgan fingerprint density at radius 2 is 2.00 bits per heavy atom. The van der Waals surface area contributed by atoms with Gasteiger partial charge in [0, 0.05) is 5.56 Å². The molecule has 0 saturated carbocycles. The molecule has 0 bridgehead atoms. The zero-order valence-corrected chi connectivity index (χ0v) is 7.72. The highest BCUT2D eigenvalue weighted by molar-refractivity contribution is 5.94. The highest BCUT2D eigenvalue weighted by atomic mass is 19.4. The van der Waals surface area contributed by atoms with Gasteiger partial charge in [0.1, 0.15) is 0 Å². The normalized spacial score (nSPS) is 10.9. The summed E-state index contributed by atoms with van der Waals surface area (Å²) in [6.07, 6.45) is -4.57. The molecular weight excluding hydrogens is 207 g/mol. The number of benzene rings is 1. The van der Waals surface area contributed by atoms with Crippen LogP contribution in [0.3, 0.4) is 0 Å². The van der Waals surface area contributed by atoms with E-state index in [1.165, 1.54) is 13.0 Å². The summed E-state index contributed by atoms with van der Waals surface area (Å²) in [4.78, 5) is 10.9. The first kappa shape index (κ1) is 11.2. The molecule has 15 heavy (non-hydrogen) atoms. The number of nitriles is 1. The van der Waals surface area contributed by atoms with Crippen LogP contribution >= 0.6 is 0 Å². The molecule has 0 heterocycles. The van der Waals surface area contributed by atoms with Gasteiger partial charge in [-0.3, -0.25) is 4.79 Å². The Labute approximate surface area is 83.9 Å². The first-order valence-corrected chi connectivity index (χ1v) is 3.98. The van der Waals surface area contributed by atoms with Gasteiger partial charge in [-0.25, -0.2) is 0 Å². The van der Waals surface area contributed by atoms with Gasteiger partial charge < -0.3 is 0 Å². The predicted octanol–water partition coefficient (Wildman–Crippen LogP) is 2.78. The Morgan fingerprint density at radius 3 is 2.40 bits per heavy atom. The van der Waals surface area contributed by atoms with Crippen molar-refractivity contribution in [3.05, 3.63) is 34.9 Å². The van der Waals surface area contributed by atoms with Gasteiger partial charge in [-0.2, -0.15) is 18.4 Å². The first-order valence-electron chi connectivity index (χ1n) is 3.98. The van der Waals surface area contributed by atoms with Crippen LogP contribution in [0, 0.1) is 11.3 Å². The van der Waals surface area contributed by atoms with Gasteiger partial charge >= 0.3 is 6.18 Å². The zero-order valence-electron chi connectivity index (χ0n) is 7.72. The number of carbonyl (C=O) groups excluding carboxylic acids is 1. The third-order valence-corrected chi connectivity index (χ3v) is 1.85. The lowest BCUT2D eigenvalue weighted by atomic mass is 10.0. The van der Waals surface area contributed by atoms with Crippen molar-refractivity contribution in [2.45, 2.75) is 13.1 Å². The summed E-state index contributed by atoms with van der Waals surface area (Å²) < 4.78 is 37.0. The van der Waals surface area contributed by atoms with Gasteiger partial charge in [0.15, 0.2) is 5.78 Å². The average molecular weight is 213 g/mol. The van der Waals surface area contributed by atoms with E-state index in [0.29, 0.717) is 0 Å². The second-order valence-electron chi connectivity index (χ2n) is 2.93. The van der Waals surface area contributed by atoms with Crippen molar-refractivity contribution < 1.29 is 18.0 Å². The van der Waals surface area contributed by atoms with Gasteiger partial charge in [0.2, 0.25) is 0 Å². The topological polar surface area (TPSA) is 40.9 Å². The van der Waals surface area contributed by atoms with E-state index in [4.69, 9.17) is 5.26 Å². The van der Waals surface area contributed by atoms with Crippen LogP contribution in [0.15, 0.2) is 18.2 Å². The van der Waals surface area contributed by atoms with Gasteiger partial charge in [-0.1, -0.05) is 6.07 Å². The summed E-state index contributed by atoms with van der Waals surface area (Å²) in [5.41, 5.74) is -1.45. The van der Waals surface area contributed by atoms with Gasteiger partial charge in [0.25, 0.3) is 0 Å². The van der Waals surface area contributed by atoms with Crippen LogP contribution in [0.4, 0.5) is 13.2 Å². The fraction of sp³-hybridized carbons (Fsp3) is 0.200. The standard InChI is InChI=1S/C10H6F3NO/c1-6(15)7-2-3-9(10(11,12)13)8(4-7)5-14/h2-4H,1H3. The summed E-state index contributed by atoms with van der Waals surface area (Å²) >= 11 is 0.